The van der Waals surface area contributed by atoms with Crippen molar-refractivity contribution in [1.82, 2.24) is 0 Å². The van der Waals surface area contributed by atoms with Gasteiger partial charge in [-0.25, -0.2) is 0 Å². The molecule has 0 amide bonds. The topological polar surface area (TPSA) is 52.6 Å². The van der Waals surface area contributed by atoms with E-state index in [1.165, 1.54) is 11.9 Å². The first-order valence-electron chi connectivity index (χ1n) is 8.42. The molecule has 5 heteroatoms. The molecule has 1 rings (SSSR count). The lowest BCUT2D eigenvalue weighted by atomic mass is 10.1. The zero-order valence-electron chi connectivity index (χ0n) is 14.7. The van der Waals surface area contributed by atoms with E-state index in [-0.39, 0.29) is 19.0 Å². The van der Waals surface area contributed by atoms with Crippen LogP contribution in [0.2, 0.25) is 0 Å². The van der Waals surface area contributed by atoms with Gasteiger partial charge in [-0.2, -0.15) is 0 Å². The average molecular weight is 350 g/mol. The van der Waals surface area contributed by atoms with Gasteiger partial charge in [-0.3, -0.25) is 9.36 Å². The number of hydrogen-bond donors (Lipinski definition) is 0. The number of benzene rings is 1. The van der Waals surface area contributed by atoms with Gasteiger partial charge in [-0.05, 0) is 38.3 Å². The standard InChI is InChI=1S/C19H27O4P/c1-4-7-13-18(16-24(21,22-5-2)23-6-3)19(20)15-14-17-11-9-8-10-12-17/h8-12,14-16H,4-7,13H2,1-3H3/b15-14+,18-16+. The zero-order chi connectivity index (χ0) is 17.8. The lowest BCUT2D eigenvalue weighted by molar-refractivity contribution is -0.111. The molecule has 0 aromatic heterocycles. The van der Waals surface area contributed by atoms with Crippen LogP contribution in [-0.4, -0.2) is 19.0 Å². The van der Waals surface area contributed by atoms with Crippen molar-refractivity contribution in [3.63, 3.8) is 0 Å². The molecular formula is C19H27O4P. The molecule has 0 N–H and O–H groups in total. The van der Waals surface area contributed by atoms with Crippen molar-refractivity contribution in [3.05, 3.63) is 53.4 Å². The lowest BCUT2D eigenvalue weighted by Gasteiger charge is -2.14. The van der Waals surface area contributed by atoms with Crippen molar-refractivity contribution in [3.8, 4) is 0 Å². The lowest BCUT2D eigenvalue weighted by Crippen LogP contribution is -2.02. The Morgan fingerprint density at radius 3 is 2.25 bits per heavy atom. The Hall–Kier alpha value is -1.48. The molecule has 0 aliphatic carbocycles. The molecule has 1 aromatic rings. The smallest absolute Gasteiger partial charge is 0.306 e. The third-order valence-electron chi connectivity index (χ3n) is 3.27. The van der Waals surface area contributed by atoms with Gasteiger partial charge >= 0.3 is 7.60 Å². The van der Waals surface area contributed by atoms with Gasteiger partial charge in [0.1, 0.15) is 0 Å². The average Bonchev–Trinajstić information content (AvgIpc) is 2.58. The van der Waals surface area contributed by atoms with E-state index in [1.54, 1.807) is 19.9 Å². The summed E-state index contributed by atoms with van der Waals surface area (Å²) in [5, 5.41) is 0. The fourth-order valence-corrected chi connectivity index (χ4v) is 3.71. The minimum absolute atomic E-state index is 0.160. The van der Waals surface area contributed by atoms with E-state index in [1.807, 2.05) is 37.3 Å². The molecule has 0 aliphatic heterocycles. The van der Waals surface area contributed by atoms with Crippen LogP contribution in [0.5, 0.6) is 0 Å². The van der Waals surface area contributed by atoms with Crippen LogP contribution in [0.25, 0.3) is 6.08 Å². The van der Waals surface area contributed by atoms with Crippen molar-refractivity contribution in [2.45, 2.75) is 40.0 Å². The van der Waals surface area contributed by atoms with Gasteiger partial charge < -0.3 is 9.05 Å². The summed E-state index contributed by atoms with van der Waals surface area (Å²) in [5.41, 5.74) is 1.42. The molecule has 0 unspecified atom stereocenters. The molecule has 0 heterocycles. The second-order valence-electron chi connectivity index (χ2n) is 5.24. The summed E-state index contributed by atoms with van der Waals surface area (Å²) in [7, 11) is -3.38. The minimum Gasteiger partial charge on any atom is -0.306 e. The van der Waals surface area contributed by atoms with Gasteiger partial charge in [0.05, 0.1) is 13.2 Å². The second kappa shape index (κ2) is 11.1. The van der Waals surface area contributed by atoms with Crippen molar-refractivity contribution in [2.75, 3.05) is 13.2 Å². The fraction of sp³-hybridized carbons (Fsp3) is 0.421. The molecule has 0 spiro atoms. The summed E-state index contributed by atoms with van der Waals surface area (Å²) in [6.07, 6.45) is 5.61. The predicted octanol–water partition coefficient (Wildman–Crippen LogP) is 5.61. The third-order valence-corrected chi connectivity index (χ3v) is 5.14. The van der Waals surface area contributed by atoms with Crippen LogP contribution < -0.4 is 0 Å². The van der Waals surface area contributed by atoms with Gasteiger partial charge in [0.25, 0.3) is 0 Å². The number of rotatable bonds is 11. The normalized spacial score (nSPS) is 12.7. The molecule has 0 saturated carbocycles. The molecule has 0 bridgehead atoms. The molecular weight excluding hydrogens is 323 g/mol. The van der Waals surface area contributed by atoms with E-state index in [4.69, 9.17) is 9.05 Å². The molecule has 4 nitrogen and oxygen atoms in total. The fourth-order valence-electron chi connectivity index (χ4n) is 2.12. The highest BCUT2D eigenvalue weighted by molar-refractivity contribution is 7.57. The van der Waals surface area contributed by atoms with Gasteiger partial charge in [0, 0.05) is 11.4 Å². The molecule has 132 valence electrons. The Bertz CT molecular complexity index is 595. The monoisotopic (exact) mass is 350 g/mol. The number of unbranched alkanes of at least 4 members (excludes halogenated alkanes) is 1. The van der Waals surface area contributed by atoms with Crippen molar-refractivity contribution < 1.29 is 18.4 Å². The number of carbonyl (C=O) groups is 1. The van der Waals surface area contributed by atoms with E-state index >= 15 is 0 Å². The highest BCUT2D eigenvalue weighted by Gasteiger charge is 2.23. The molecule has 24 heavy (non-hydrogen) atoms. The first kappa shape index (κ1) is 20.6. The number of hydrogen-bond acceptors (Lipinski definition) is 4. The Morgan fingerprint density at radius 2 is 1.71 bits per heavy atom. The largest absolute Gasteiger partial charge is 0.354 e. The second-order valence-corrected chi connectivity index (χ2v) is 7.10. The van der Waals surface area contributed by atoms with Crippen LogP contribution in [0, 0.1) is 0 Å². The van der Waals surface area contributed by atoms with Crippen LogP contribution in [-0.2, 0) is 18.4 Å². The van der Waals surface area contributed by atoms with E-state index < -0.39 is 7.60 Å². The quantitative estimate of drug-likeness (QED) is 0.384. The van der Waals surface area contributed by atoms with Crippen LogP contribution in [0.3, 0.4) is 0 Å². The summed E-state index contributed by atoms with van der Waals surface area (Å²) in [6.45, 7) is 6.09. The molecule has 0 atom stereocenters. The van der Waals surface area contributed by atoms with Crippen LogP contribution in [0.4, 0.5) is 0 Å². The van der Waals surface area contributed by atoms with Crippen LogP contribution >= 0.6 is 7.60 Å². The van der Waals surface area contributed by atoms with Gasteiger partial charge in [0.15, 0.2) is 5.78 Å². The number of carbonyl (C=O) groups excluding carboxylic acids is 1. The van der Waals surface area contributed by atoms with Crippen LogP contribution in [0.15, 0.2) is 47.8 Å². The van der Waals surface area contributed by atoms with E-state index in [0.717, 1.165) is 18.4 Å². The van der Waals surface area contributed by atoms with Gasteiger partial charge in [-0.1, -0.05) is 49.8 Å². The molecule has 0 saturated heterocycles. The maximum absolute atomic E-state index is 12.7. The van der Waals surface area contributed by atoms with Gasteiger partial charge in [0.2, 0.25) is 0 Å². The maximum atomic E-state index is 12.7. The first-order chi connectivity index (χ1) is 11.5. The number of allylic oxidation sites excluding steroid dienone is 2. The summed E-state index contributed by atoms with van der Waals surface area (Å²) in [5.74, 6) is 1.24. The minimum atomic E-state index is -3.38. The van der Waals surface area contributed by atoms with E-state index in [9.17, 15) is 9.36 Å². The number of ketones is 1. The summed E-state index contributed by atoms with van der Waals surface area (Å²) in [6, 6.07) is 9.59. The summed E-state index contributed by atoms with van der Waals surface area (Å²) in [4.78, 5) is 12.5. The molecule has 1 aromatic carbocycles. The summed E-state index contributed by atoms with van der Waals surface area (Å²) >= 11 is 0. The Kier molecular flexibility index (Phi) is 9.55. The molecule has 0 fully saturated rings. The molecule has 0 aliphatic rings. The van der Waals surface area contributed by atoms with Gasteiger partial charge in [-0.15, -0.1) is 0 Å². The Balaban J connectivity index is 3.01. The summed E-state index contributed by atoms with van der Waals surface area (Å²) < 4.78 is 23.2. The maximum Gasteiger partial charge on any atom is 0.354 e. The Morgan fingerprint density at radius 1 is 1.08 bits per heavy atom. The predicted molar refractivity (Wildman–Crippen MR) is 98.9 cm³/mol. The highest BCUT2D eigenvalue weighted by atomic mass is 31.2. The van der Waals surface area contributed by atoms with Crippen molar-refractivity contribution in [2.24, 2.45) is 0 Å². The van der Waals surface area contributed by atoms with E-state index in [2.05, 4.69) is 0 Å². The Labute approximate surface area is 145 Å². The van der Waals surface area contributed by atoms with Crippen LogP contribution in [0.1, 0.15) is 45.6 Å². The third kappa shape index (κ3) is 7.39. The molecule has 0 radical (unpaired) electrons. The SMILES string of the molecule is CCCC/C(=C\P(=O)(OCC)OCC)C(=O)/C=C/c1ccccc1. The zero-order valence-corrected chi connectivity index (χ0v) is 15.6. The van der Waals surface area contributed by atoms with Crippen molar-refractivity contribution >= 4 is 19.5 Å². The first-order valence-corrected chi connectivity index (χ1v) is 10.0. The van der Waals surface area contributed by atoms with Crippen molar-refractivity contribution in [1.29, 1.82) is 0 Å². The van der Waals surface area contributed by atoms with E-state index in [0.29, 0.717) is 12.0 Å². The highest BCUT2D eigenvalue weighted by Crippen LogP contribution is 2.51.